The van der Waals surface area contributed by atoms with Gasteiger partial charge in [-0.25, -0.2) is 9.13 Å². The van der Waals surface area contributed by atoms with Crippen LogP contribution in [0.4, 0.5) is 0 Å². The Balaban J connectivity index is 2.59. The molecule has 0 saturated heterocycles. The van der Waals surface area contributed by atoms with Crippen molar-refractivity contribution in [1.29, 1.82) is 0 Å². The van der Waals surface area contributed by atoms with Crippen LogP contribution in [0.3, 0.4) is 0 Å². The van der Waals surface area contributed by atoms with Gasteiger partial charge in [0.2, 0.25) is 0 Å². The molecule has 7 N–H and O–H groups in total. The van der Waals surface area contributed by atoms with Gasteiger partial charge in [-0.2, -0.15) is 12.6 Å². The average molecular weight is 909 g/mol. The molecule has 1 rings (SSSR count). The lowest BCUT2D eigenvalue weighted by atomic mass is 9.85. The van der Waals surface area contributed by atoms with Gasteiger partial charge in [-0.05, 0) is 25.0 Å². The molecule has 0 radical (unpaired) electrons. The molecule has 19 heteroatoms. The Hall–Kier alpha value is -0.650. The fraction of sp³-hybridized carbons (Fsp3) is 0.950. The summed E-state index contributed by atoms with van der Waals surface area (Å²) in [5, 5.41) is 41.4. The van der Waals surface area contributed by atoms with E-state index in [2.05, 4.69) is 24.1 Å². The van der Waals surface area contributed by atoms with Crippen LogP contribution in [-0.4, -0.2) is 109 Å². The monoisotopic (exact) mass is 908 g/mol. The highest BCUT2D eigenvalue weighted by Crippen LogP contribution is 2.48. The van der Waals surface area contributed by atoms with Gasteiger partial charge in [0.25, 0.3) is 0 Å². The second-order valence-corrected chi connectivity index (χ2v) is 18.9. The number of phosphoric acid groups is 2. The third kappa shape index (κ3) is 28.6. The number of esters is 2. The molecule has 1 saturated carbocycles. The maximum atomic E-state index is 12.9. The summed E-state index contributed by atoms with van der Waals surface area (Å²) in [5.74, 6) is -0.240. The predicted molar refractivity (Wildman–Crippen MR) is 227 cm³/mol. The van der Waals surface area contributed by atoms with Gasteiger partial charge >= 0.3 is 27.6 Å². The first-order chi connectivity index (χ1) is 28.1. The van der Waals surface area contributed by atoms with E-state index in [1.807, 2.05) is 0 Å². The van der Waals surface area contributed by atoms with Crippen LogP contribution in [0, 0.1) is 0 Å². The van der Waals surface area contributed by atoms with Gasteiger partial charge in [-0.15, -0.1) is 0 Å². The summed E-state index contributed by atoms with van der Waals surface area (Å²) in [4.78, 5) is 53.9. The highest BCUT2D eigenvalue weighted by atomic mass is 32.1. The smallest absolute Gasteiger partial charge is 0.462 e. The summed E-state index contributed by atoms with van der Waals surface area (Å²) in [5.41, 5.74) is 0. The van der Waals surface area contributed by atoms with Crippen molar-refractivity contribution in [2.75, 3.05) is 19.0 Å². The molecule has 0 spiro atoms. The van der Waals surface area contributed by atoms with Gasteiger partial charge in [0.1, 0.15) is 43.2 Å². The molecule has 0 amide bonds. The van der Waals surface area contributed by atoms with Crippen molar-refractivity contribution in [3.8, 4) is 0 Å². The fourth-order valence-corrected chi connectivity index (χ4v) is 8.77. The third-order valence-corrected chi connectivity index (χ3v) is 12.3. The maximum Gasteiger partial charge on any atom is 0.472 e. The second-order valence-electron chi connectivity index (χ2n) is 15.9. The Bertz CT molecular complexity index is 1160. The van der Waals surface area contributed by atoms with E-state index in [0.29, 0.717) is 12.8 Å². The molecule has 0 heterocycles. The first-order valence-corrected chi connectivity index (χ1v) is 25.9. The third-order valence-electron chi connectivity index (χ3n) is 10.5. The highest BCUT2D eigenvalue weighted by Gasteiger charge is 2.54. The van der Waals surface area contributed by atoms with Gasteiger partial charge in [-0.1, -0.05) is 148 Å². The Morgan fingerprint density at radius 2 is 0.881 bits per heavy atom. The first-order valence-electron chi connectivity index (χ1n) is 22.2. The van der Waals surface area contributed by atoms with Crippen molar-refractivity contribution in [1.82, 2.24) is 0 Å². The lowest BCUT2D eigenvalue weighted by Crippen LogP contribution is -2.64. The summed E-state index contributed by atoms with van der Waals surface area (Å²) in [6.45, 7) is 0.907. The van der Waals surface area contributed by atoms with E-state index < -0.39 is 83.5 Å². The molecule has 0 aromatic rings. The molecule has 8 atom stereocenters. The van der Waals surface area contributed by atoms with Crippen LogP contribution >= 0.6 is 28.3 Å². The van der Waals surface area contributed by atoms with Crippen LogP contribution in [0.15, 0.2) is 0 Å². The minimum Gasteiger partial charge on any atom is -0.462 e. The molecule has 1 fully saturated rings. The molecular weight excluding hydrogens is 830 g/mol. The van der Waals surface area contributed by atoms with Gasteiger partial charge in [0.05, 0.1) is 6.61 Å². The Kier molecular flexibility index (Phi) is 32.3. The van der Waals surface area contributed by atoms with Crippen molar-refractivity contribution in [3.63, 3.8) is 0 Å². The lowest BCUT2D eigenvalue weighted by Gasteiger charge is -2.43. The SMILES string of the molecule is CCCCCCCCCCCCCCCC(=O)O[C@@H](COC(=O)CCCCCCCCCCCCCCS)COP(=O)(O)OC1C(O)[C@@H](O)C(OP(=O)(O)O)[C@@H](O)[C@H]1O. The lowest BCUT2D eigenvalue weighted by molar-refractivity contribution is -0.216. The predicted octanol–water partition coefficient (Wildman–Crippen LogP) is 7.36. The quantitative estimate of drug-likeness (QED) is 0.0130. The van der Waals surface area contributed by atoms with Crippen molar-refractivity contribution >= 4 is 40.2 Å². The zero-order chi connectivity index (χ0) is 43.9. The van der Waals surface area contributed by atoms with E-state index in [-0.39, 0.29) is 12.8 Å². The minimum absolute atomic E-state index is 0.0555. The van der Waals surface area contributed by atoms with E-state index in [1.54, 1.807) is 0 Å². The van der Waals surface area contributed by atoms with Gasteiger partial charge < -0.3 is 44.6 Å². The minimum atomic E-state index is -5.30. The number of carbonyl (C=O) groups excluding carboxylic acids is 2. The second kappa shape index (κ2) is 33.8. The Labute approximate surface area is 358 Å². The number of phosphoric ester groups is 2. The number of rotatable bonds is 38. The summed E-state index contributed by atoms with van der Waals surface area (Å²) >= 11 is 4.24. The number of aliphatic hydroxyl groups is 4. The van der Waals surface area contributed by atoms with Gasteiger partial charge in [-0.3, -0.25) is 23.2 Å². The molecule has 0 bridgehead atoms. The molecule has 0 aromatic carbocycles. The summed E-state index contributed by atoms with van der Waals surface area (Å²) < 4.78 is 49.0. The van der Waals surface area contributed by atoms with E-state index in [1.165, 1.54) is 96.3 Å². The van der Waals surface area contributed by atoms with Gasteiger partial charge in [0, 0.05) is 12.8 Å². The normalized spacial score (nSPS) is 22.5. The van der Waals surface area contributed by atoms with E-state index >= 15 is 0 Å². The van der Waals surface area contributed by atoms with Crippen LogP contribution in [-0.2, 0) is 41.8 Å². The summed E-state index contributed by atoms with van der Waals surface area (Å²) in [7, 11) is -10.6. The number of carbonyl (C=O) groups is 2. The molecule has 4 unspecified atom stereocenters. The number of hydrogen-bond acceptors (Lipinski definition) is 14. The van der Waals surface area contributed by atoms with Crippen LogP contribution in [0.2, 0.25) is 0 Å². The maximum absolute atomic E-state index is 12.9. The zero-order valence-corrected chi connectivity index (χ0v) is 38.1. The van der Waals surface area contributed by atoms with E-state index in [9.17, 15) is 44.0 Å². The largest absolute Gasteiger partial charge is 0.472 e. The molecule has 1 aliphatic carbocycles. The van der Waals surface area contributed by atoms with Crippen molar-refractivity contribution < 1.29 is 76.9 Å². The number of aliphatic hydroxyl groups excluding tert-OH is 4. The number of thiol groups is 1. The van der Waals surface area contributed by atoms with E-state index in [0.717, 1.165) is 57.1 Å². The topological polar surface area (TPSA) is 256 Å². The molecule has 0 aromatic heterocycles. The number of ether oxygens (including phenoxy) is 2. The molecule has 16 nitrogen and oxygen atoms in total. The molecular formula is C40H78O16P2S. The molecule has 0 aliphatic heterocycles. The Morgan fingerprint density at radius 3 is 1.27 bits per heavy atom. The van der Waals surface area contributed by atoms with E-state index in [4.69, 9.17) is 28.3 Å². The Morgan fingerprint density at radius 1 is 0.525 bits per heavy atom. The number of unbranched alkanes of at least 4 members (excludes halogenated alkanes) is 23. The fourth-order valence-electron chi connectivity index (χ4n) is 7.01. The zero-order valence-electron chi connectivity index (χ0n) is 35.4. The van der Waals surface area contributed by atoms with Crippen LogP contribution in [0.5, 0.6) is 0 Å². The van der Waals surface area contributed by atoms with Crippen LogP contribution in [0.25, 0.3) is 0 Å². The van der Waals surface area contributed by atoms with Crippen molar-refractivity contribution in [2.45, 2.75) is 223 Å². The van der Waals surface area contributed by atoms with Crippen LogP contribution in [0.1, 0.15) is 180 Å². The molecule has 1 aliphatic rings. The first kappa shape index (κ1) is 56.4. The van der Waals surface area contributed by atoms with Crippen molar-refractivity contribution in [3.05, 3.63) is 0 Å². The average Bonchev–Trinajstić information content (AvgIpc) is 3.18. The van der Waals surface area contributed by atoms with Crippen molar-refractivity contribution in [2.24, 2.45) is 0 Å². The molecule has 59 heavy (non-hydrogen) atoms. The number of hydrogen-bond donors (Lipinski definition) is 8. The molecule has 350 valence electrons. The standard InChI is InChI=1S/C40H78O16P2S/c1-2-3-4-5-6-7-8-9-13-16-19-22-25-28-34(42)54-32(30-52-33(41)27-24-21-18-15-12-10-11-14-17-20-23-26-29-59)31-53-58(50,51)56-40-37(45)35(43)39(36(44)38(40)46)55-57(47,48)49/h32,35-40,43-46,59H,2-31H2,1H3,(H,50,51)(H2,47,48,49)/t32-,35-,36+,37+,38?,39?,40?/m0/s1. The van der Waals surface area contributed by atoms with Crippen LogP contribution < -0.4 is 0 Å². The van der Waals surface area contributed by atoms with Gasteiger partial charge in [0.15, 0.2) is 6.10 Å². The highest BCUT2D eigenvalue weighted by molar-refractivity contribution is 7.80. The summed E-state index contributed by atoms with van der Waals surface area (Å²) in [6, 6.07) is 0. The summed E-state index contributed by atoms with van der Waals surface area (Å²) in [6.07, 6.45) is 13.4.